The maximum absolute atomic E-state index is 14.3. The third-order valence-corrected chi connectivity index (χ3v) is 12.7. The Morgan fingerprint density at radius 3 is 0.538 bits per heavy atom. The Labute approximate surface area is 554 Å². The van der Waals surface area contributed by atoms with Crippen LogP contribution in [0.15, 0.2) is 0 Å². The number of nitrogens with zero attached hydrogens (tertiary/aromatic N) is 3. The number of hydrogen-bond donors (Lipinski definition) is 4. The summed E-state index contributed by atoms with van der Waals surface area (Å²) in [4.78, 5) is 19.5. The van der Waals surface area contributed by atoms with Crippen LogP contribution in [0.5, 0.6) is 57.5 Å². The molecule has 0 spiro atoms. The van der Waals surface area contributed by atoms with E-state index < -0.39 is 287 Å². The molecule has 0 heterocycles. The first kappa shape index (κ1) is 86.9. The number of ether oxygens (including phenoxy) is 4. The number of nitrogens with two attached hydrogens (primary N) is 2. The van der Waals surface area contributed by atoms with E-state index in [1.54, 1.807) is 0 Å². The van der Waals surface area contributed by atoms with E-state index in [1.807, 2.05) is 0 Å². The van der Waals surface area contributed by atoms with Crippen molar-refractivity contribution in [1.29, 1.82) is 0 Å². The molecule has 0 bridgehead atoms. The zero-order chi connectivity index (χ0) is 79.4. The van der Waals surface area contributed by atoms with Gasteiger partial charge in [0.2, 0.25) is 186 Å². The van der Waals surface area contributed by atoms with Crippen LogP contribution in [-0.4, -0.2) is 44.6 Å². The van der Waals surface area contributed by atoms with E-state index in [-0.39, 0.29) is 7.43 Å². The number of aromatic hydroxyl groups is 2. The standard InChI is InChI=1S/C18F12N2O6.C18H4F12N2O2.C8H6F4.C6H2F4O2.C6H15N.CH4/c19-1-5(23)15(6(24)2(20)13(1)31(33)34)37-17-9(27)11(29)18(12(30)10(17)28)38-16-7(25)3(21)14(32(35)36)4(22)8(16)26;19-1-5(23)15(6(24)2(20)13(1)31)33-17-9(27)11(29)18(12(30)10(17)28)34-16-7(25)3(21)14(32)4(22)8(16)26;1-3-5(9)7(11)4(2)8(12)6(3)10;7-1-2(8)6(12)4(10)3(9)5(1)11;1-4-7(5-2)6-3;/h;31-32H2;1-2H3;11-12H;4-6H2,1-3H3;1H4. The second kappa shape index (κ2) is 34.1. The lowest BCUT2D eigenvalue weighted by Crippen LogP contribution is -2.21. The number of rotatable bonds is 13. The van der Waals surface area contributed by atoms with E-state index in [2.05, 4.69) is 44.6 Å². The van der Waals surface area contributed by atoms with Crippen molar-refractivity contribution in [3.05, 3.63) is 218 Å². The van der Waals surface area contributed by atoms with E-state index in [4.69, 9.17) is 21.7 Å². The van der Waals surface area contributed by atoms with Gasteiger partial charge in [0.1, 0.15) is 11.4 Å². The summed E-state index contributed by atoms with van der Waals surface area (Å²) in [6.07, 6.45) is 0. The van der Waals surface area contributed by atoms with E-state index in [0.717, 1.165) is 13.8 Å². The van der Waals surface area contributed by atoms with Crippen LogP contribution in [0.2, 0.25) is 0 Å². The summed E-state index contributed by atoms with van der Waals surface area (Å²) in [6, 6.07) is 0. The first-order valence-electron chi connectivity index (χ1n) is 26.0. The zero-order valence-electron chi connectivity index (χ0n) is 49.9. The molecule has 0 aliphatic carbocycles. The number of phenolic OH excluding ortho intramolecular Hbond substituents is 2. The number of hydrogen-bond acceptors (Lipinski definition) is 13. The Morgan fingerprint density at radius 1 is 0.279 bits per heavy atom. The molecule has 8 aromatic carbocycles. The number of nitro groups is 2. The third kappa shape index (κ3) is 16.4. The topological polar surface area (TPSA) is 219 Å². The maximum atomic E-state index is 14.3. The summed E-state index contributed by atoms with van der Waals surface area (Å²) in [5.41, 5.74) is -0.122. The fraction of sp³-hybridized carbons (Fsp3) is 0.158. The zero-order valence-corrected chi connectivity index (χ0v) is 49.9. The quantitative estimate of drug-likeness (QED) is 0.0211. The van der Waals surface area contributed by atoms with Gasteiger partial charge in [-0.3, -0.25) is 20.2 Å². The Balaban J connectivity index is 0.000000382. The van der Waals surface area contributed by atoms with Gasteiger partial charge in [-0.2, -0.15) is 105 Å². The molecule has 0 unspecified atom stereocenters. The van der Waals surface area contributed by atoms with Gasteiger partial charge >= 0.3 is 11.4 Å². The number of nitro benzene ring substituents is 2. The highest BCUT2D eigenvalue weighted by atomic mass is 19.2. The molecule has 15 nitrogen and oxygen atoms in total. The molecule has 568 valence electrons. The van der Waals surface area contributed by atoms with Crippen LogP contribution in [0, 0.1) is 220 Å². The fourth-order valence-corrected chi connectivity index (χ4v) is 7.22. The molecule has 104 heavy (non-hydrogen) atoms. The number of benzene rings is 8. The summed E-state index contributed by atoms with van der Waals surface area (Å²) in [5.74, 6) is -100. The Bertz CT molecular complexity index is 4070. The van der Waals surface area contributed by atoms with Crippen molar-refractivity contribution in [3.8, 4) is 57.5 Å². The average Bonchev–Trinajstić information content (AvgIpc) is 0.760. The molecule has 0 saturated carbocycles. The van der Waals surface area contributed by atoms with Crippen LogP contribution in [0.1, 0.15) is 39.3 Å². The SMILES string of the molecule is C.CCN(CC)CC.Cc1c(F)c(F)c(C)c(F)c1F.Nc1c(F)c(F)c(Oc2c(F)c(F)c(Oc3c(F)c(F)c(N)c(F)c3F)c(F)c2F)c(F)c1F.O=[N+]([O-])c1c(F)c(F)c(Oc2c(F)c(F)c(Oc3c(F)c(F)c([N+](=O)[O-])c(F)c3F)c(F)c2F)c(F)c1F.Oc1c(F)c(F)c(O)c(F)c1F. The van der Waals surface area contributed by atoms with Crippen molar-refractivity contribution >= 4 is 22.7 Å². The molecule has 0 aliphatic heterocycles. The largest absolute Gasteiger partial charge is 0.503 e. The molecule has 0 amide bonds. The predicted molar refractivity (Wildman–Crippen MR) is 286 cm³/mol. The van der Waals surface area contributed by atoms with Crippen LogP contribution >= 0.6 is 0 Å². The van der Waals surface area contributed by atoms with Gasteiger partial charge in [-0.1, -0.05) is 28.2 Å². The molecule has 0 radical (unpaired) electrons. The van der Waals surface area contributed by atoms with Crippen molar-refractivity contribution in [1.82, 2.24) is 4.90 Å². The molecule has 0 atom stereocenters. The fourth-order valence-electron chi connectivity index (χ4n) is 7.22. The highest BCUT2D eigenvalue weighted by molar-refractivity contribution is 5.53. The van der Waals surface area contributed by atoms with Gasteiger partial charge < -0.3 is 45.5 Å². The molecule has 8 aromatic rings. The number of halogens is 32. The molecule has 6 N–H and O–H groups in total. The minimum Gasteiger partial charge on any atom is -0.503 e. The second-order valence-electron chi connectivity index (χ2n) is 18.7. The van der Waals surface area contributed by atoms with Gasteiger partial charge in [0.05, 0.1) is 9.85 Å². The van der Waals surface area contributed by atoms with E-state index in [0.29, 0.717) is 0 Å². The van der Waals surface area contributed by atoms with Crippen LogP contribution < -0.4 is 30.4 Å². The van der Waals surface area contributed by atoms with Crippen molar-refractivity contribution < 1.29 is 180 Å². The molecule has 0 aliphatic rings. The average molecular weight is 1550 g/mol. The number of anilines is 2. The molecule has 0 saturated heterocycles. The van der Waals surface area contributed by atoms with Crippen molar-refractivity contribution in [3.63, 3.8) is 0 Å². The van der Waals surface area contributed by atoms with Crippen molar-refractivity contribution in [2.45, 2.75) is 42.0 Å². The Hall–Kier alpha value is -11.3. The van der Waals surface area contributed by atoms with Crippen LogP contribution in [-0.2, 0) is 0 Å². The Kier molecular flexibility index (Phi) is 28.5. The molecular formula is C57H31F32N5O10. The normalized spacial score (nSPS) is 10.8. The van der Waals surface area contributed by atoms with Gasteiger partial charge in [-0.05, 0) is 33.5 Å². The smallest absolute Gasteiger partial charge is 0.346 e. The van der Waals surface area contributed by atoms with Gasteiger partial charge in [0.25, 0.3) is 0 Å². The summed E-state index contributed by atoms with van der Waals surface area (Å²) in [6.45, 7) is 12.1. The predicted octanol–water partition coefficient (Wildman–Crippen LogP) is 19.4. The van der Waals surface area contributed by atoms with E-state index >= 15 is 0 Å². The van der Waals surface area contributed by atoms with Crippen LogP contribution in [0.4, 0.5) is 163 Å². The van der Waals surface area contributed by atoms with Crippen molar-refractivity contribution in [2.24, 2.45) is 0 Å². The van der Waals surface area contributed by atoms with Gasteiger partial charge in [0, 0.05) is 11.1 Å². The van der Waals surface area contributed by atoms with Crippen LogP contribution in [0.25, 0.3) is 0 Å². The van der Waals surface area contributed by atoms with Gasteiger partial charge in [-0.15, -0.1) is 0 Å². The lowest BCUT2D eigenvalue weighted by atomic mass is 10.1. The summed E-state index contributed by atoms with van der Waals surface area (Å²) in [7, 11) is 0. The first-order valence-corrected chi connectivity index (χ1v) is 26.0. The Morgan fingerprint density at radius 2 is 0.413 bits per heavy atom. The highest BCUT2D eigenvalue weighted by Crippen LogP contribution is 2.47. The lowest BCUT2D eigenvalue weighted by Gasteiger charge is -2.16. The molecule has 47 heteroatoms. The number of phenols is 2. The maximum Gasteiger partial charge on any atom is 0.346 e. The van der Waals surface area contributed by atoms with Crippen molar-refractivity contribution in [2.75, 3.05) is 31.1 Å². The molecular weight excluding hydrogens is 1520 g/mol. The summed E-state index contributed by atoms with van der Waals surface area (Å²) in [5, 5.41) is 37.8. The molecule has 0 fully saturated rings. The van der Waals surface area contributed by atoms with E-state index in [1.165, 1.54) is 19.6 Å². The van der Waals surface area contributed by atoms with E-state index in [9.17, 15) is 161 Å². The number of nitrogen functional groups attached to an aromatic ring is 2. The monoisotopic (exact) mass is 1550 g/mol. The van der Waals surface area contributed by atoms with Gasteiger partial charge in [0.15, 0.2) is 58.0 Å². The first-order chi connectivity index (χ1) is 47.5. The third-order valence-electron chi connectivity index (χ3n) is 12.7. The summed E-state index contributed by atoms with van der Waals surface area (Å²) < 4.78 is 449. The lowest BCUT2D eigenvalue weighted by molar-refractivity contribution is -0.390. The molecule has 0 aromatic heterocycles. The highest BCUT2D eigenvalue weighted by Gasteiger charge is 2.41. The van der Waals surface area contributed by atoms with Crippen LogP contribution in [0.3, 0.4) is 0 Å². The minimum atomic E-state index is -2.90. The molecule has 8 rings (SSSR count). The minimum absolute atomic E-state index is 0. The summed E-state index contributed by atoms with van der Waals surface area (Å²) >= 11 is 0. The second-order valence-corrected chi connectivity index (χ2v) is 18.7. The van der Waals surface area contributed by atoms with Gasteiger partial charge in [-0.25, -0.2) is 35.1 Å².